The molecule has 2 rings (SSSR count). The maximum Gasteiger partial charge on any atom is -0.00231 e. The van der Waals surface area contributed by atoms with E-state index >= 15 is 0 Å². The Morgan fingerprint density at radius 3 is 3.20 bits per heavy atom. The van der Waals surface area contributed by atoms with Gasteiger partial charge in [-0.25, -0.2) is 0 Å². The van der Waals surface area contributed by atoms with Crippen LogP contribution in [0.3, 0.4) is 0 Å². The SMILES string of the molecule is C1=CC2CCCC=C2CC1. The Labute approximate surface area is 62.6 Å². The van der Waals surface area contributed by atoms with Crippen molar-refractivity contribution < 1.29 is 0 Å². The van der Waals surface area contributed by atoms with E-state index in [9.17, 15) is 0 Å². The summed E-state index contributed by atoms with van der Waals surface area (Å²) in [7, 11) is 0. The number of hydrogen-bond donors (Lipinski definition) is 0. The molecule has 0 N–H and O–H groups in total. The Bertz CT molecular complexity index is 174. The van der Waals surface area contributed by atoms with Gasteiger partial charge in [-0.3, -0.25) is 0 Å². The molecular formula is C10H14. The molecule has 1 atom stereocenters. The lowest BCUT2D eigenvalue weighted by molar-refractivity contribution is 0.562. The third-order valence-electron chi connectivity index (χ3n) is 2.57. The molecule has 0 aromatic rings. The lowest BCUT2D eigenvalue weighted by atomic mass is 9.82. The molecule has 0 saturated heterocycles. The first kappa shape index (κ1) is 6.21. The highest BCUT2D eigenvalue weighted by Crippen LogP contribution is 2.32. The van der Waals surface area contributed by atoms with Gasteiger partial charge >= 0.3 is 0 Å². The monoisotopic (exact) mass is 134 g/mol. The van der Waals surface area contributed by atoms with Gasteiger partial charge in [0.1, 0.15) is 0 Å². The van der Waals surface area contributed by atoms with Crippen LogP contribution in [0.15, 0.2) is 23.8 Å². The molecule has 0 aromatic carbocycles. The number of fused-ring (bicyclic) bond motifs is 1. The molecule has 2 aliphatic carbocycles. The lowest BCUT2D eigenvalue weighted by Crippen LogP contribution is -2.08. The van der Waals surface area contributed by atoms with Crippen molar-refractivity contribution in [2.75, 3.05) is 0 Å². The van der Waals surface area contributed by atoms with Crippen LogP contribution < -0.4 is 0 Å². The molecule has 0 bridgehead atoms. The fourth-order valence-electron chi connectivity index (χ4n) is 1.98. The summed E-state index contributed by atoms with van der Waals surface area (Å²) in [6, 6.07) is 0. The molecule has 0 heteroatoms. The summed E-state index contributed by atoms with van der Waals surface area (Å²) in [5.74, 6) is 0.836. The molecule has 0 saturated carbocycles. The number of allylic oxidation sites excluding steroid dienone is 4. The lowest BCUT2D eigenvalue weighted by Gasteiger charge is -2.24. The summed E-state index contributed by atoms with van der Waals surface area (Å²) < 4.78 is 0. The molecular weight excluding hydrogens is 120 g/mol. The highest BCUT2D eigenvalue weighted by molar-refractivity contribution is 5.20. The average molecular weight is 134 g/mol. The van der Waals surface area contributed by atoms with Crippen LogP contribution in [0.5, 0.6) is 0 Å². The zero-order chi connectivity index (χ0) is 6.81. The van der Waals surface area contributed by atoms with Gasteiger partial charge in [-0.2, -0.15) is 0 Å². The molecule has 0 radical (unpaired) electrons. The molecule has 0 spiro atoms. The second kappa shape index (κ2) is 2.61. The Kier molecular flexibility index (Phi) is 1.62. The van der Waals surface area contributed by atoms with E-state index < -0.39 is 0 Å². The maximum absolute atomic E-state index is 2.46. The van der Waals surface area contributed by atoms with Gasteiger partial charge in [0, 0.05) is 0 Å². The normalized spacial score (nSPS) is 31.2. The van der Waals surface area contributed by atoms with Crippen LogP contribution in [-0.4, -0.2) is 0 Å². The van der Waals surface area contributed by atoms with Crippen LogP contribution in [0.4, 0.5) is 0 Å². The van der Waals surface area contributed by atoms with Crippen molar-refractivity contribution in [3.63, 3.8) is 0 Å². The van der Waals surface area contributed by atoms with Gasteiger partial charge in [0.15, 0.2) is 0 Å². The first-order valence-corrected chi connectivity index (χ1v) is 4.32. The number of rotatable bonds is 0. The molecule has 0 aliphatic heterocycles. The summed E-state index contributed by atoms with van der Waals surface area (Å²) >= 11 is 0. The van der Waals surface area contributed by atoms with E-state index in [1.165, 1.54) is 32.1 Å². The van der Waals surface area contributed by atoms with Crippen LogP contribution in [-0.2, 0) is 0 Å². The standard InChI is InChI=1S/C10H14/c1-2-6-10-8-4-3-7-9(10)5-1/h1,5,8-9H,2-4,6-7H2. The van der Waals surface area contributed by atoms with Crippen LogP contribution in [0.25, 0.3) is 0 Å². The second-order valence-corrected chi connectivity index (χ2v) is 3.28. The molecule has 54 valence electrons. The summed E-state index contributed by atoms with van der Waals surface area (Å²) in [6.07, 6.45) is 13.9. The predicted molar refractivity (Wildman–Crippen MR) is 43.8 cm³/mol. The summed E-state index contributed by atoms with van der Waals surface area (Å²) in [6.45, 7) is 0. The van der Waals surface area contributed by atoms with Gasteiger partial charge in [-0.15, -0.1) is 0 Å². The minimum Gasteiger partial charge on any atom is -0.0876 e. The average Bonchev–Trinajstić information content (AvgIpc) is 2.05. The minimum absolute atomic E-state index is 0.836. The Morgan fingerprint density at radius 2 is 2.30 bits per heavy atom. The highest BCUT2D eigenvalue weighted by atomic mass is 14.2. The van der Waals surface area contributed by atoms with Gasteiger partial charge < -0.3 is 0 Å². The van der Waals surface area contributed by atoms with Crippen molar-refractivity contribution in [1.82, 2.24) is 0 Å². The van der Waals surface area contributed by atoms with Crippen molar-refractivity contribution in [3.05, 3.63) is 23.8 Å². The van der Waals surface area contributed by atoms with Crippen molar-refractivity contribution in [3.8, 4) is 0 Å². The summed E-state index contributed by atoms with van der Waals surface area (Å²) in [5, 5.41) is 0. The zero-order valence-electron chi connectivity index (χ0n) is 6.34. The van der Waals surface area contributed by atoms with Gasteiger partial charge in [0.05, 0.1) is 0 Å². The summed E-state index contributed by atoms with van der Waals surface area (Å²) in [5.41, 5.74) is 1.72. The molecule has 0 amide bonds. The second-order valence-electron chi connectivity index (χ2n) is 3.28. The largest absolute Gasteiger partial charge is 0.0876 e. The highest BCUT2D eigenvalue weighted by Gasteiger charge is 2.16. The van der Waals surface area contributed by atoms with E-state index in [2.05, 4.69) is 18.2 Å². The first-order valence-electron chi connectivity index (χ1n) is 4.32. The smallest absolute Gasteiger partial charge is 0.00231 e. The molecule has 2 aliphatic rings. The predicted octanol–water partition coefficient (Wildman–Crippen LogP) is 3.06. The fraction of sp³-hybridized carbons (Fsp3) is 0.600. The molecule has 0 heterocycles. The Hall–Kier alpha value is -0.520. The van der Waals surface area contributed by atoms with Crippen LogP contribution in [0.2, 0.25) is 0 Å². The van der Waals surface area contributed by atoms with Crippen LogP contribution >= 0.6 is 0 Å². The van der Waals surface area contributed by atoms with Gasteiger partial charge in [-0.1, -0.05) is 23.8 Å². The van der Waals surface area contributed by atoms with Gasteiger partial charge in [-0.05, 0) is 38.0 Å². The molecule has 1 unspecified atom stereocenters. The molecule has 0 fully saturated rings. The van der Waals surface area contributed by atoms with Crippen molar-refractivity contribution in [1.29, 1.82) is 0 Å². The molecule has 0 aromatic heterocycles. The Morgan fingerprint density at radius 1 is 1.30 bits per heavy atom. The van der Waals surface area contributed by atoms with E-state index in [0.717, 1.165) is 5.92 Å². The first-order chi connectivity index (χ1) is 4.97. The minimum atomic E-state index is 0.836. The zero-order valence-corrected chi connectivity index (χ0v) is 6.34. The molecule has 10 heavy (non-hydrogen) atoms. The fourth-order valence-corrected chi connectivity index (χ4v) is 1.98. The van der Waals surface area contributed by atoms with Crippen LogP contribution in [0, 0.1) is 5.92 Å². The van der Waals surface area contributed by atoms with Crippen molar-refractivity contribution in [2.45, 2.75) is 32.1 Å². The van der Waals surface area contributed by atoms with E-state index in [1.807, 2.05) is 0 Å². The Balaban J connectivity index is 2.20. The van der Waals surface area contributed by atoms with Crippen molar-refractivity contribution in [2.24, 2.45) is 5.92 Å². The van der Waals surface area contributed by atoms with Gasteiger partial charge in [0.2, 0.25) is 0 Å². The van der Waals surface area contributed by atoms with Crippen LogP contribution in [0.1, 0.15) is 32.1 Å². The quantitative estimate of drug-likeness (QED) is 0.447. The van der Waals surface area contributed by atoms with E-state index in [1.54, 1.807) is 5.57 Å². The van der Waals surface area contributed by atoms with E-state index in [-0.39, 0.29) is 0 Å². The molecule has 0 nitrogen and oxygen atoms in total. The number of hydrogen-bond acceptors (Lipinski definition) is 0. The van der Waals surface area contributed by atoms with Gasteiger partial charge in [0.25, 0.3) is 0 Å². The van der Waals surface area contributed by atoms with E-state index in [0.29, 0.717) is 0 Å². The third-order valence-corrected chi connectivity index (χ3v) is 2.57. The van der Waals surface area contributed by atoms with Crippen molar-refractivity contribution >= 4 is 0 Å². The van der Waals surface area contributed by atoms with E-state index in [4.69, 9.17) is 0 Å². The third kappa shape index (κ3) is 1.03. The topological polar surface area (TPSA) is 0 Å². The summed E-state index contributed by atoms with van der Waals surface area (Å²) in [4.78, 5) is 0. The maximum atomic E-state index is 2.46.